The van der Waals surface area contributed by atoms with E-state index in [1.54, 1.807) is 0 Å². The van der Waals surface area contributed by atoms with Crippen molar-refractivity contribution in [1.82, 2.24) is 5.32 Å². The molecule has 0 radical (unpaired) electrons. The number of hydrogen-bond acceptors (Lipinski definition) is 4. The molecule has 27 heavy (non-hydrogen) atoms. The number of carbonyl (C=O) groups is 2. The van der Waals surface area contributed by atoms with Gasteiger partial charge in [0.1, 0.15) is 0 Å². The van der Waals surface area contributed by atoms with Crippen molar-refractivity contribution in [2.24, 2.45) is 0 Å². The van der Waals surface area contributed by atoms with Gasteiger partial charge in [0, 0.05) is 13.1 Å². The second-order valence-corrected chi connectivity index (χ2v) is 6.58. The van der Waals surface area contributed by atoms with Gasteiger partial charge >= 0.3 is 6.18 Å². The van der Waals surface area contributed by atoms with Gasteiger partial charge in [-0.1, -0.05) is 0 Å². The van der Waals surface area contributed by atoms with Gasteiger partial charge in [0.25, 0.3) is 11.8 Å². The molecule has 3 N–H and O–H groups in total. The zero-order valence-electron chi connectivity index (χ0n) is 14.7. The number of rotatable bonds is 4. The molecule has 2 saturated heterocycles. The molecule has 0 aliphatic carbocycles. The minimum atomic E-state index is -4.50. The van der Waals surface area contributed by atoms with Gasteiger partial charge < -0.3 is 25.2 Å². The van der Waals surface area contributed by atoms with E-state index in [4.69, 9.17) is 4.74 Å². The third-order valence-electron chi connectivity index (χ3n) is 4.57. The lowest BCUT2D eigenvalue weighted by Crippen LogP contribution is -3.16. The Balaban J connectivity index is 1.77. The summed E-state index contributed by atoms with van der Waals surface area (Å²) in [5.41, 5.74) is -0.164. The lowest BCUT2D eigenvalue weighted by atomic mass is 10.1. The highest BCUT2D eigenvalue weighted by atomic mass is 19.4. The van der Waals surface area contributed by atoms with Gasteiger partial charge in [-0.2, -0.15) is 13.2 Å². The van der Waals surface area contributed by atoms with Gasteiger partial charge in [0.05, 0.1) is 43.2 Å². The number of nitrogens with zero attached hydrogens (tertiary/aromatic N) is 1. The van der Waals surface area contributed by atoms with Gasteiger partial charge in [0.2, 0.25) is 0 Å². The minimum absolute atomic E-state index is 0.0201. The number of ether oxygens (including phenoxy) is 1. The van der Waals surface area contributed by atoms with Crippen molar-refractivity contribution in [1.29, 1.82) is 0 Å². The molecule has 1 unspecified atom stereocenters. The summed E-state index contributed by atoms with van der Waals surface area (Å²) in [6.45, 7) is 3.28. The van der Waals surface area contributed by atoms with Gasteiger partial charge in [-0.3, -0.25) is 9.59 Å². The second kappa shape index (κ2) is 8.13. The van der Waals surface area contributed by atoms with Gasteiger partial charge in [-0.05, 0) is 18.2 Å². The normalized spacial score (nSPS) is 20.9. The molecule has 2 aliphatic rings. The lowest BCUT2D eigenvalue weighted by Gasteiger charge is -2.31. The number of piperazine rings is 1. The van der Waals surface area contributed by atoms with Gasteiger partial charge in [-0.25, -0.2) is 0 Å². The van der Waals surface area contributed by atoms with Crippen molar-refractivity contribution >= 4 is 23.2 Å². The number of hydrogen-bond donors (Lipinski definition) is 3. The molecule has 1 aromatic rings. The summed E-state index contributed by atoms with van der Waals surface area (Å²) >= 11 is 0. The molecule has 0 saturated carbocycles. The number of nitrogens with one attached hydrogen (secondary N) is 3. The number of quaternary nitrogens is 1. The SMILES string of the molecule is O=C1C[NH+](CC(=O)Nc2cc(C(F)(F)F)ccc2N2CCOCC2)CCN1. The summed E-state index contributed by atoms with van der Waals surface area (Å²) in [7, 11) is 0. The van der Waals surface area contributed by atoms with Gasteiger partial charge in [0.15, 0.2) is 13.1 Å². The third-order valence-corrected chi connectivity index (χ3v) is 4.57. The maximum absolute atomic E-state index is 13.1. The zero-order chi connectivity index (χ0) is 19.4. The highest BCUT2D eigenvalue weighted by molar-refractivity contribution is 5.95. The molecular weight excluding hydrogens is 365 g/mol. The van der Waals surface area contributed by atoms with Crippen molar-refractivity contribution in [3.8, 4) is 0 Å². The van der Waals surface area contributed by atoms with Crippen molar-refractivity contribution in [2.45, 2.75) is 6.18 Å². The molecule has 10 heteroatoms. The average molecular weight is 387 g/mol. The quantitative estimate of drug-likeness (QED) is 0.651. The lowest BCUT2D eigenvalue weighted by molar-refractivity contribution is -0.885. The molecular formula is C17H22F3N4O3+. The van der Waals surface area contributed by atoms with Crippen LogP contribution in [0.1, 0.15) is 5.56 Å². The van der Waals surface area contributed by atoms with E-state index < -0.39 is 17.6 Å². The fraction of sp³-hybridized carbons (Fsp3) is 0.529. The second-order valence-electron chi connectivity index (χ2n) is 6.58. The molecule has 2 amide bonds. The minimum Gasteiger partial charge on any atom is -0.378 e. The van der Waals surface area contributed by atoms with Crippen LogP contribution in [0.2, 0.25) is 0 Å². The van der Waals surface area contributed by atoms with Crippen LogP contribution in [0, 0.1) is 0 Å². The standard InChI is InChI=1S/C17H21F3N4O3/c18-17(19,20)12-1-2-14(24-5-7-27-8-6-24)13(9-12)22-16(26)11-23-4-3-21-15(25)10-23/h1-2,9H,3-8,10-11H2,(H,21,25)(H,22,26)/p+1. The Morgan fingerprint density at radius 3 is 2.70 bits per heavy atom. The first kappa shape index (κ1) is 19.4. The molecule has 2 aliphatic heterocycles. The van der Waals surface area contributed by atoms with Crippen LogP contribution in [0.25, 0.3) is 0 Å². The highest BCUT2D eigenvalue weighted by Crippen LogP contribution is 2.35. The predicted molar refractivity (Wildman–Crippen MR) is 91.7 cm³/mol. The molecule has 2 heterocycles. The Morgan fingerprint density at radius 1 is 1.30 bits per heavy atom. The zero-order valence-corrected chi connectivity index (χ0v) is 14.7. The van der Waals surface area contributed by atoms with Crippen LogP contribution in [0.15, 0.2) is 18.2 Å². The van der Waals surface area contributed by atoms with Crippen LogP contribution in [-0.4, -0.2) is 64.3 Å². The Labute approximate surface area is 154 Å². The van der Waals surface area contributed by atoms with Crippen LogP contribution in [0.3, 0.4) is 0 Å². The fourth-order valence-electron chi connectivity index (χ4n) is 3.22. The van der Waals surface area contributed by atoms with E-state index in [-0.39, 0.29) is 24.7 Å². The Hall–Kier alpha value is -2.33. The van der Waals surface area contributed by atoms with E-state index in [0.29, 0.717) is 45.1 Å². The van der Waals surface area contributed by atoms with Crippen molar-refractivity contribution < 1.29 is 32.4 Å². The molecule has 0 spiro atoms. The summed E-state index contributed by atoms with van der Waals surface area (Å²) in [5.74, 6) is -0.564. The number of morpholine rings is 1. The van der Waals surface area contributed by atoms with Crippen molar-refractivity contribution in [2.75, 3.05) is 62.7 Å². The van der Waals surface area contributed by atoms with Crippen molar-refractivity contribution in [3.63, 3.8) is 0 Å². The van der Waals surface area contributed by atoms with Crippen LogP contribution in [0.4, 0.5) is 24.5 Å². The molecule has 0 aromatic heterocycles. The molecule has 2 fully saturated rings. The Kier molecular flexibility index (Phi) is 5.85. The van der Waals surface area contributed by atoms with Crippen molar-refractivity contribution in [3.05, 3.63) is 23.8 Å². The summed E-state index contributed by atoms with van der Waals surface area (Å²) in [5, 5.41) is 5.28. The summed E-state index contributed by atoms with van der Waals surface area (Å²) in [6.07, 6.45) is -4.50. The third kappa shape index (κ3) is 5.10. The first-order chi connectivity index (χ1) is 12.8. The van der Waals surface area contributed by atoms with E-state index in [2.05, 4.69) is 10.6 Å². The smallest absolute Gasteiger partial charge is 0.378 e. The first-order valence-electron chi connectivity index (χ1n) is 8.77. The molecule has 1 aromatic carbocycles. The largest absolute Gasteiger partial charge is 0.416 e. The van der Waals surface area contributed by atoms with Crippen LogP contribution < -0.4 is 20.4 Å². The summed E-state index contributed by atoms with van der Waals surface area (Å²) in [6, 6.07) is 3.35. The molecule has 0 bridgehead atoms. The number of amides is 2. The molecule has 7 nitrogen and oxygen atoms in total. The Morgan fingerprint density at radius 2 is 2.04 bits per heavy atom. The number of benzene rings is 1. The molecule has 148 valence electrons. The maximum atomic E-state index is 13.1. The van der Waals surface area contributed by atoms with Crippen LogP contribution in [-0.2, 0) is 20.5 Å². The van der Waals surface area contributed by atoms with Crippen LogP contribution >= 0.6 is 0 Å². The Bertz CT molecular complexity index is 705. The van der Waals surface area contributed by atoms with E-state index in [0.717, 1.165) is 17.0 Å². The fourth-order valence-corrected chi connectivity index (χ4v) is 3.22. The highest BCUT2D eigenvalue weighted by Gasteiger charge is 2.32. The summed E-state index contributed by atoms with van der Waals surface area (Å²) in [4.78, 5) is 26.5. The number of alkyl halides is 3. The summed E-state index contributed by atoms with van der Waals surface area (Å²) < 4.78 is 44.6. The van der Waals surface area contributed by atoms with Crippen LogP contribution in [0.5, 0.6) is 0 Å². The van der Waals surface area contributed by atoms with E-state index >= 15 is 0 Å². The monoisotopic (exact) mass is 387 g/mol. The number of carbonyl (C=O) groups excluding carboxylic acids is 2. The number of anilines is 2. The topological polar surface area (TPSA) is 75.1 Å². The molecule has 1 atom stereocenters. The van der Waals surface area contributed by atoms with E-state index in [1.165, 1.54) is 6.07 Å². The van der Waals surface area contributed by atoms with E-state index in [9.17, 15) is 22.8 Å². The average Bonchev–Trinajstić information content (AvgIpc) is 2.61. The molecule has 3 rings (SSSR count). The van der Waals surface area contributed by atoms with E-state index in [1.807, 2.05) is 4.90 Å². The predicted octanol–water partition coefficient (Wildman–Crippen LogP) is -0.505. The maximum Gasteiger partial charge on any atom is 0.416 e. The van der Waals surface area contributed by atoms with Gasteiger partial charge in [-0.15, -0.1) is 0 Å². The number of halogens is 3. The first-order valence-corrected chi connectivity index (χ1v) is 8.77.